The minimum absolute atomic E-state index is 0.0375. The van der Waals surface area contributed by atoms with Crippen LogP contribution in [-0.4, -0.2) is 33.2 Å². The van der Waals surface area contributed by atoms with Crippen molar-refractivity contribution in [2.75, 3.05) is 11.9 Å². The predicted octanol–water partition coefficient (Wildman–Crippen LogP) is 3.78. The van der Waals surface area contributed by atoms with Crippen molar-refractivity contribution in [2.45, 2.75) is 26.6 Å². The molecule has 0 unspecified atom stereocenters. The van der Waals surface area contributed by atoms with Gasteiger partial charge in [-0.2, -0.15) is 18.3 Å². The number of fused-ring (bicyclic) bond motifs is 1. The Bertz CT molecular complexity index is 1370. The summed E-state index contributed by atoms with van der Waals surface area (Å²) in [4.78, 5) is 47.6. The molecule has 0 radical (unpaired) electrons. The molecular weight excluding hydrogens is 473 g/mol. The van der Waals surface area contributed by atoms with E-state index in [2.05, 4.69) is 10.4 Å². The Labute approximate surface area is 195 Å². The fourth-order valence-corrected chi connectivity index (χ4v) is 3.21. The molecule has 0 saturated heterocycles. The van der Waals surface area contributed by atoms with Gasteiger partial charge in [-0.15, -0.1) is 0 Å². The Morgan fingerprint density at radius 1 is 1.17 bits per heavy atom. The zero-order valence-electron chi connectivity index (χ0n) is 18.5. The topological polar surface area (TPSA) is 133 Å². The molecule has 1 aromatic heterocycles. The molecule has 3 aromatic rings. The third-order valence-corrected chi connectivity index (χ3v) is 4.73. The van der Waals surface area contributed by atoms with Gasteiger partial charge in [-0.1, -0.05) is 32.0 Å². The summed E-state index contributed by atoms with van der Waals surface area (Å²) < 4.78 is 44.6. The second-order valence-electron chi connectivity index (χ2n) is 7.89. The number of alkyl halides is 3. The number of esters is 1. The lowest BCUT2D eigenvalue weighted by Crippen LogP contribution is -2.29. The van der Waals surface area contributed by atoms with Crippen LogP contribution < -0.4 is 10.9 Å². The molecule has 1 heterocycles. The molecular formula is C22H19F3N4O6. The van der Waals surface area contributed by atoms with Gasteiger partial charge in [0.25, 0.3) is 17.2 Å². The first-order valence-electron chi connectivity index (χ1n) is 10.2. The van der Waals surface area contributed by atoms with Crippen LogP contribution in [0.1, 0.15) is 29.9 Å². The fourth-order valence-electron chi connectivity index (χ4n) is 3.21. The number of carbonyl (C=O) groups excluding carboxylic acids is 2. The van der Waals surface area contributed by atoms with E-state index in [0.717, 1.165) is 10.7 Å². The largest absolute Gasteiger partial charge is 0.451 e. The molecule has 0 atom stereocenters. The highest BCUT2D eigenvalue weighted by molar-refractivity contribution is 6.03. The average Bonchev–Trinajstić information content (AvgIpc) is 2.78. The first kappa shape index (κ1) is 25.3. The number of halogens is 3. The number of nitrogens with one attached hydrogen (secondary N) is 1. The van der Waals surface area contributed by atoms with Gasteiger partial charge in [0.2, 0.25) is 0 Å². The van der Waals surface area contributed by atoms with E-state index in [4.69, 9.17) is 4.74 Å². The van der Waals surface area contributed by atoms with Gasteiger partial charge in [0.1, 0.15) is 5.69 Å². The zero-order chi connectivity index (χ0) is 25.9. The van der Waals surface area contributed by atoms with Crippen LogP contribution in [0.5, 0.6) is 0 Å². The summed E-state index contributed by atoms with van der Waals surface area (Å²) in [6.45, 7) is 3.02. The number of nitro groups is 1. The number of nitro benzene ring substituents is 1. The van der Waals surface area contributed by atoms with Gasteiger partial charge in [0, 0.05) is 18.0 Å². The molecule has 35 heavy (non-hydrogen) atoms. The van der Waals surface area contributed by atoms with Crippen molar-refractivity contribution in [3.8, 4) is 0 Å². The second kappa shape index (κ2) is 9.91. The highest BCUT2D eigenvalue weighted by atomic mass is 19.4. The van der Waals surface area contributed by atoms with E-state index in [-0.39, 0.29) is 35.0 Å². The maximum Gasteiger partial charge on any atom is 0.416 e. The molecule has 1 amide bonds. The standard InChI is InChI=1S/C22H19F3N4O6/c1-12(2)10-28-20(31)15-6-4-3-5-14(15)19(27-28)21(32)35-11-18(30)26-16-8-7-13(22(23,24)25)9-17(16)29(33)34/h3-9,12H,10-11H2,1-2H3,(H,26,30). The average molecular weight is 492 g/mol. The molecule has 0 bridgehead atoms. The SMILES string of the molecule is CC(C)Cn1nc(C(=O)OCC(=O)Nc2ccc(C(F)(F)F)cc2[N+](=O)[O-])c2ccccc2c1=O. The lowest BCUT2D eigenvalue weighted by Gasteiger charge is -2.12. The maximum atomic E-state index is 12.8. The van der Waals surface area contributed by atoms with Crippen LogP contribution in [0.15, 0.2) is 47.3 Å². The van der Waals surface area contributed by atoms with Gasteiger partial charge in [0.05, 0.1) is 15.9 Å². The Morgan fingerprint density at radius 3 is 2.43 bits per heavy atom. The van der Waals surface area contributed by atoms with Crippen molar-refractivity contribution in [1.82, 2.24) is 9.78 Å². The summed E-state index contributed by atoms with van der Waals surface area (Å²) in [6, 6.07) is 7.80. The van der Waals surface area contributed by atoms with Crippen molar-refractivity contribution in [2.24, 2.45) is 5.92 Å². The molecule has 0 saturated carbocycles. The van der Waals surface area contributed by atoms with Crippen molar-refractivity contribution in [3.05, 3.63) is 74.2 Å². The van der Waals surface area contributed by atoms with Crippen LogP contribution in [0, 0.1) is 16.0 Å². The number of benzene rings is 2. The van der Waals surface area contributed by atoms with Crippen molar-refractivity contribution in [1.29, 1.82) is 0 Å². The van der Waals surface area contributed by atoms with E-state index >= 15 is 0 Å². The highest BCUT2D eigenvalue weighted by Crippen LogP contribution is 2.34. The normalized spacial score (nSPS) is 11.5. The van der Waals surface area contributed by atoms with Gasteiger partial charge >= 0.3 is 12.1 Å². The zero-order valence-corrected chi connectivity index (χ0v) is 18.5. The predicted molar refractivity (Wildman–Crippen MR) is 118 cm³/mol. The van der Waals surface area contributed by atoms with Crippen LogP contribution in [-0.2, 0) is 22.3 Å². The molecule has 0 aliphatic carbocycles. The van der Waals surface area contributed by atoms with E-state index in [1.54, 1.807) is 12.1 Å². The molecule has 184 valence electrons. The molecule has 0 aliphatic rings. The van der Waals surface area contributed by atoms with Gasteiger partial charge in [-0.25, -0.2) is 9.48 Å². The summed E-state index contributed by atoms with van der Waals surface area (Å²) in [5.74, 6) is -2.02. The Hall–Kier alpha value is -4.29. The van der Waals surface area contributed by atoms with Crippen molar-refractivity contribution < 1.29 is 32.4 Å². The summed E-state index contributed by atoms with van der Waals surface area (Å²) in [6.07, 6.45) is -4.81. The van der Waals surface area contributed by atoms with Gasteiger partial charge in [0.15, 0.2) is 12.3 Å². The number of rotatable bonds is 7. The quantitative estimate of drug-likeness (QED) is 0.301. The number of hydrogen-bond acceptors (Lipinski definition) is 7. The monoisotopic (exact) mass is 492 g/mol. The number of ether oxygens (including phenoxy) is 1. The van der Waals surface area contributed by atoms with Crippen LogP contribution >= 0.6 is 0 Å². The van der Waals surface area contributed by atoms with E-state index in [0.29, 0.717) is 6.07 Å². The Kier molecular flexibility index (Phi) is 7.17. The van der Waals surface area contributed by atoms with Gasteiger partial charge in [-0.05, 0) is 24.1 Å². The van der Waals surface area contributed by atoms with E-state index < -0.39 is 52.1 Å². The van der Waals surface area contributed by atoms with Gasteiger partial charge < -0.3 is 10.1 Å². The van der Waals surface area contributed by atoms with Crippen molar-refractivity contribution in [3.63, 3.8) is 0 Å². The molecule has 10 nitrogen and oxygen atoms in total. The number of amides is 1. The second-order valence-corrected chi connectivity index (χ2v) is 7.89. The number of carbonyl (C=O) groups is 2. The number of hydrogen-bond donors (Lipinski definition) is 1. The van der Waals surface area contributed by atoms with E-state index in [9.17, 15) is 37.7 Å². The molecule has 13 heteroatoms. The van der Waals surface area contributed by atoms with E-state index in [1.807, 2.05) is 13.8 Å². The molecule has 0 spiro atoms. The van der Waals surface area contributed by atoms with Crippen LogP contribution in [0.3, 0.4) is 0 Å². The summed E-state index contributed by atoms with van der Waals surface area (Å²) in [5, 5.41) is 17.7. The third kappa shape index (κ3) is 5.80. The smallest absolute Gasteiger partial charge is 0.416 e. The number of nitrogens with zero attached hydrogens (tertiary/aromatic N) is 3. The molecule has 3 rings (SSSR count). The highest BCUT2D eigenvalue weighted by Gasteiger charge is 2.33. The summed E-state index contributed by atoms with van der Waals surface area (Å²) >= 11 is 0. The lowest BCUT2D eigenvalue weighted by atomic mass is 10.1. The van der Waals surface area contributed by atoms with E-state index in [1.165, 1.54) is 12.1 Å². The molecule has 2 aromatic carbocycles. The maximum absolute atomic E-state index is 12.8. The van der Waals surface area contributed by atoms with Crippen LogP contribution in [0.4, 0.5) is 24.5 Å². The third-order valence-electron chi connectivity index (χ3n) is 4.73. The number of aromatic nitrogens is 2. The van der Waals surface area contributed by atoms with Crippen LogP contribution in [0.2, 0.25) is 0 Å². The fraction of sp³-hybridized carbons (Fsp3) is 0.273. The minimum atomic E-state index is -4.81. The lowest BCUT2D eigenvalue weighted by molar-refractivity contribution is -0.384. The molecule has 0 fully saturated rings. The first-order chi connectivity index (χ1) is 16.4. The first-order valence-corrected chi connectivity index (χ1v) is 10.2. The minimum Gasteiger partial charge on any atom is -0.451 e. The summed E-state index contributed by atoms with van der Waals surface area (Å²) in [5.41, 5.74) is -3.36. The molecule has 1 N–H and O–H groups in total. The van der Waals surface area contributed by atoms with Crippen LogP contribution in [0.25, 0.3) is 10.8 Å². The number of anilines is 1. The Morgan fingerprint density at radius 2 is 1.83 bits per heavy atom. The molecule has 0 aliphatic heterocycles. The Balaban J connectivity index is 1.81. The summed E-state index contributed by atoms with van der Waals surface area (Å²) in [7, 11) is 0. The van der Waals surface area contributed by atoms with Gasteiger partial charge in [-0.3, -0.25) is 19.7 Å². The van der Waals surface area contributed by atoms with Crippen molar-refractivity contribution >= 4 is 34.0 Å².